The van der Waals surface area contributed by atoms with Gasteiger partial charge < -0.3 is 54.9 Å². The molecule has 0 saturated carbocycles. The molecule has 0 aromatic carbocycles. The molecule has 12 heteroatoms. The van der Waals surface area contributed by atoms with Crippen LogP contribution in [0, 0.1) is 0 Å². The monoisotopic (exact) mass is 397 g/mol. The quantitative estimate of drug-likeness (QED) is 0.228. The Kier molecular flexibility index (Phi) is 7.88. The zero-order valence-corrected chi connectivity index (χ0v) is 14.9. The van der Waals surface area contributed by atoms with Crippen LogP contribution in [0.1, 0.15) is 6.92 Å². The number of carbonyl (C=O) groups excluding carboxylic acids is 1. The molecular formula is C15H27NO11. The maximum atomic E-state index is 11.4. The number of hydrogen-bond donors (Lipinski definition) is 7. The van der Waals surface area contributed by atoms with Crippen molar-refractivity contribution in [3.63, 3.8) is 0 Å². The van der Waals surface area contributed by atoms with Crippen molar-refractivity contribution in [2.45, 2.75) is 68.3 Å². The highest BCUT2D eigenvalue weighted by molar-refractivity contribution is 5.73. The summed E-state index contributed by atoms with van der Waals surface area (Å²) in [6.45, 7) is -0.0663. The number of carbonyl (C=O) groups is 1. The van der Waals surface area contributed by atoms with Gasteiger partial charge in [-0.3, -0.25) is 4.79 Å². The molecule has 2 heterocycles. The fourth-order valence-electron chi connectivity index (χ4n) is 3.16. The Bertz CT molecular complexity index is 492. The lowest BCUT2D eigenvalue weighted by molar-refractivity contribution is -0.344. The molecule has 0 radical (unpaired) electrons. The van der Waals surface area contributed by atoms with E-state index in [0.717, 1.165) is 0 Å². The van der Waals surface area contributed by atoms with Gasteiger partial charge in [0.1, 0.15) is 48.8 Å². The van der Waals surface area contributed by atoms with Gasteiger partial charge in [0.2, 0.25) is 5.91 Å². The predicted molar refractivity (Wildman–Crippen MR) is 85.0 cm³/mol. The molecule has 2 aliphatic heterocycles. The molecular weight excluding hydrogens is 370 g/mol. The minimum atomic E-state index is -1.56. The molecule has 2 fully saturated rings. The molecule has 2 rings (SSSR count). The third kappa shape index (κ3) is 4.74. The molecule has 27 heavy (non-hydrogen) atoms. The maximum Gasteiger partial charge on any atom is 0.217 e. The first-order valence-corrected chi connectivity index (χ1v) is 8.45. The van der Waals surface area contributed by atoms with Crippen LogP contribution in [0.2, 0.25) is 0 Å². The minimum absolute atomic E-state index is 0.551. The predicted octanol–water partition coefficient (Wildman–Crippen LogP) is -4.60. The van der Waals surface area contributed by atoms with Gasteiger partial charge in [0.05, 0.1) is 13.2 Å². The lowest BCUT2D eigenvalue weighted by Crippen LogP contribution is -2.67. The molecule has 12 nitrogen and oxygen atoms in total. The highest BCUT2D eigenvalue weighted by Gasteiger charge is 2.51. The number of methoxy groups -OCH3 is 1. The first-order valence-electron chi connectivity index (χ1n) is 8.45. The first kappa shape index (κ1) is 22.4. The fourth-order valence-corrected chi connectivity index (χ4v) is 3.16. The summed E-state index contributed by atoms with van der Waals surface area (Å²) >= 11 is 0. The largest absolute Gasteiger partial charge is 0.394 e. The fraction of sp³-hybridized carbons (Fsp3) is 0.933. The second kappa shape index (κ2) is 9.52. The van der Waals surface area contributed by atoms with Crippen LogP contribution in [-0.2, 0) is 23.7 Å². The summed E-state index contributed by atoms with van der Waals surface area (Å²) in [4.78, 5) is 11.4. The van der Waals surface area contributed by atoms with E-state index in [1.165, 1.54) is 14.0 Å². The zero-order chi connectivity index (χ0) is 20.3. The van der Waals surface area contributed by atoms with Crippen molar-refractivity contribution in [3.8, 4) is 0 Å². The van der Waals surface area contributed by atoms with E-state index in [-0.39, 0.29) is 0 Å². The van der Waals surface area contributed by atoms with Crippen molar-refractivity contribution in [2.24, 2.45) is 0 Å². The van der Waals surface area contributed by atoms with Gasteiger partial charge in [-0.05, 0) is 0 Å². The Morgan fingerprint density at radius 1 is 0.926 bits per heavy atom. The van der Waals surface area contributed by atoms with Gasteiger partial charge in [-0.1, -0.05) is 0 Å². The van der Waals surface area contributed by atoms with Crippen molar-refractivity contribution >= 4 is 5.91 Å². The van der Waals surface area contributed by atoms with Crippen LogP contribution in [0.4, 0.5) is 0 Å². The molecule has 0 aliphatic carbocycles. The van der Waals surface area contributed by atoms with E-state index in [9.17, 15) is 35.4 Å². The lowest BCUT2D eigenvalue weighted by atomic mass is 9.95. The number of rotatable bonds is 6. The normalized spacial score (nSPS) is 45.5. The topological polar surface area (TPSA) is 187 Å². The molecule has 0 bridgehead atoms. The van der Waals surface area contributed by atoms with Crippen LogP contribution in [0.15, 0.2) is 0 Å². The van der Waals surface area contributed by atoms with Crippen LogP contribution in [0.25, 0.3) is 0 Å². The number of nitrogens with one attached hydrogen (secondary N) is 1. The highest BCUT2D eigenvalue weighted by atomic mass is 16.7. The summed E-state index contributed by atoms with van der Waals surface area (Å²) in [5, 5.41) is 61.8. The SMILES string of the molecule is CO[C@@H]1O[C@H](CO)[C@@H](O[C@@H]2O[C@H](CO)[C@@H](O)[C@H](O)[C@H]2NC(C)=O)[C@H](O)[C@@H]1O. The van der Waals surface area contributed by atoms with Gasteiger partial charge in [-0.15, -0.1) is 0 Å². The Labute approximate surface area is 155 Å². The van der Waals surface area contributed by atoms with Gasteiger partial charge in [-0.25, -0.2) is 0 Å². The molecule has 0 aromatic heterocycles. The molecule has 2 aliphatic rings. The Morgan fingerprint density at radius 3 is 2.04 bits per heavy atom. The third-order valence-corrected chi connectivity index (χ3v) is 4.59. The number of ether oxygens (including phenoxy) is 4. The number of hydrogen-bond acceptors (Lipinski definition) is 11. The second-order valence-electron chi connectivity index (χ2n) is 6.48. The van der Waals surface area contributed by atoms with E-state index in [4.69, 9.17) is 18.9 Å². The molecule has 7 N–H and O–H groups in total. The molecule has 2 saturated heterocycles. The average Bonchev–Trinajstić information content (AvgIpc) is 2.64. The van der Waals surface area contributed by atoms with Gasteiger partial charge in [0, 0.05) is 14.0 Å². The highest BCUT2D eigenvalue weighted by Crippen LogP contribution is 2.29. The van der Waals surface area contributed by atoms with E-state index >= 15 is 0 Å². The van der Waals surface area contributed by atoms with Crippen LogP contribution in [0.5, 0.6) is 0 Å². The minimum Gasteiger partial charge on any atom is -0.394 e. The van der Waals surface area contributed by atoms with E-state index in [1.807, 2.05) is 0 Å². The van der Waals surface area contributed by atoms with Crippen molar-refractivity contribution in [2.75, 3.05) is 20.3 Å². The number of aliphatic hydroxyl groups excluding tert-OH is 6. The van der Waals surface area contributed by atoms with Crippen LogP contribution in [0.3, 0.4) is 0 Å². The summed E-state index contributed by atoms with van der Waals surface area (Å²) in [7, 11) is 1.25. The summed E-state index contributed by atoms with van der Waals surface area (Å²) in [5.41, 5.74) is 0. The Balaban J connectivity index is 2.22. The molecule has 0 spiro atoms. The standard InChI is InChI=1S/C15H27NO11/c1-5(19)16-8-10(21)9(20)6(3-17)25-14(8)27-13-7(4-18)26-15(24-2)12(23)11(13)22/h6-15,17-18,20-23H,3-4H2,1-2H3,(H,16,19)/t6-,7-,8-,9-,10-,11-,12+,13-,14+,15-/m1/s1. The van der Waals surface area contributed by atoms with Gasteiger partial charge >= 0.3 is 0 Å². The zero-order valence-electron chi connectivity index (χ0n) is 14.9. The molecule has 10 atom stereocenters. The second-order valence-corrected chi connectivity index (χ2v) is 6.48. The van der Waals surface area contributed by atoms with Crippen LogP contribution < -0.4 is 5.32 Å². The van der Waals surface area contributed by atoms with E-state index in [2.05, 4.69) is 5.32 Å². The summed E-state index contributed by atoms with van der Waals surface area (Å²) in [5.74, 6) is -0.551. The Hall–Kier alpha value is -0.930. The Morgan fingerprint density at radius 2 is 1.52 bits per heavy atom. The van der Waals surface area contributed by atoms with Crippen molar-refractivity contribution in [1.82, 2.24) is 5.32 Å². The van der Waals surface area contributed by atoms with Crippen LogP contribution >= 0.6 is 0 Å². The molecule has 0 aromatic rings. The van der Waals surface area contributed by atoms with Gasteiger partial charge in [-0.2, -0.15) is 0 Å². The van der Waals surface area contributed by atoms with Crippen molar-refractivity contribution in [3.05, 3.63) is 0 Å². The summed E-state index contributed by atoms with van der Waals surface area (Å²) in [6.07, 6.45) is -12.4. The summed E-state index contributed by atoms with van der Waals surface area (Å²) in [6, 6.07) is -1.25. The van der Waals surface area contributed by atoms with E-state index < -0.39 is 80.5 Å². The van der Waals surface area contributed by atoms with Crippen molar-refractivity contribution in [1.29, 1.82) is 0 Å². The third-order valence-electron chi connectivity index (χ3n) is 4.59. The summed E-state index contributed by atoms with van der Waals surface area (Å²) < 4.78 is 21.2. The van der Waals surface area contributed by atoms with E-state index in [0.29, 0.717) is 0 Å². The van der Waals surface area contributed by atoms with E-state index in [1.54, 1.807) is 0 Å². The average molecular weight is 397 g/mol. The number of aliphatic hydroxyl groups is 6. The van der Waals surface area contributed by atoms with Gasteiger partial charge in [0.25, 0.3) is 0 Å². The first-order chi connectivity index (χ1) is 12.7. The van der Waals surface area contributed by atoms with Crippen LogP contribution in [-0.4, -0.2) is 118 Å². The smallest absolute Gasteiger partial charge is 0.217 e. The molecule has 158 valence electrons. The van der Waals surface area contributed by atoms with Gasteiger partial charge in [0.15, 0.2) is 12.6 Å². The number of amides is 1. The maximum absolute atomic E-state index is 11.4. The molecule has 0 unspecified atom stereocenters. The lowest BCUT2D eigenvalue weighted by Gasteiger charge is -2.46. The molecule has 1 amide bonds. The van der Waals surface area contributed by atoms with Crippen molar-refractivity contribution < 1.29 is 54.4 Å².